The van der Waals surface area contributed by atoms with E-state index in [0.717, 1.165) is 11.3 Å². The highest BCUT2D eigenvalue weighted by Gasteiger charge is 2.08. The molecule has 0 aliphatic carbocycles. The topological polar surface area (TPSA) is 49.1 Å². The third-order valence-corrected chi connectivity index (χ3v) is 2.85. The van der Waals surface area contributed by atoms with Gasteiger partial charge in [0.15, 0.2) is 0 Å². The molecule has 1 aromatic heterocycles. The monoisotopic (exact) mass is 253 g/mol. The van der Waals surface area contributed by atoms with Crippen molar-refractivity contribution < 1.29 is 4.74 Å². The molecule has 0 N–H and O–H groups in total. The standard InChI is InChI=1S/C15H15N3O/c1-18(15-13(10-16)4-3-9-17-15)11-12-5-7-14(19-2)8-6-12/h3-9H,11H2,1-2H3. The molecular formula is C15H15N3O. The number of hydrogen-bond acceptors (Lipinski definition) is 4. The van der Waals surface area contributed by atoms with E-state index in [1.807, 2.05) is 36.2 Å². The number of rotatable bonds is 4. The van der Waals surface area contributed by atoms with Crippen molar-refractivity contribution in [1.29, 1.82) is 5.26 Å². The van der Waals surface area contributed by atoms with Crippen molar-refractivity contribution in [2.45, 2.75) is 6.54 Å². The number of nitriles is 1. The fourth-order valence-corrected chi connectivity index (χ4v) is 1.87. The van der Waals surface area contributed by atoms with Crippen LogP contribution in [0.25, 0.3) is 0 Å². The number of hydrogen-bond donors (Lipinski definition) is 0. The molecule has 2 aromatic rings. The number of nitrogens with zero attached hydrogens (tertiary/aromatic N) is 3. The van der Waals surface area contributed by atoms with Crippen molar-refractivity contribution >= 4 is 5.82 Å². The van der Waals surface area contributed by atoms with Crippen molar-refractivity contribution in [3.05, 3.63) is 53.7 Å². The molecule has 0 aliphatic rings. The van der Waals surface area contributed by atoms with Crippen LogP contribution in [0.1, 0.15) is 11.1 Å². The maximum atomic E-state index is 9.07. The first-order chi connectivity index (χ1) is 9.24. The average Bonchev–Trinajstić information content (AvgIpc) is 2.48. The predicted molar refractivity (Wildman–Crippen MR) is 74.1 cm³/mol. The summed E-state index contributed by atoms with van der Waals surface area (Å²) in [7, 11) is 3.57. The van der Waals surface area contributed by atoms with Crippen LogP contribution in [-0.2, 0) is 6.54 Å². The summed E-state index contributed by atoms with van der Waals surface area (Å²) in [5.41, 5.74) is 1.72. The van der Waals surface area contributed by atoms with Gasteiger partial charge in [0.2, 0.25) is 0 Å². The molecule has 0 unspecified atom stereocenters. The zero-order chi connectivity index (χ0) is 13.7. The molecule has 4 nitrogen and oxygen atoms in total. The second-order valence-electron chi connectivity index (χ2n) is 4.19. The van der Waals surface area contributed by atoms with Gasteiger partial charge in [-0.05, 0) is 29.8 Å². The Labute approximate surface area is 112 Å². The van der Waals surface area contributed by atoms with E-state index in [4.69, 9.17) is 10.00 Å². The second-order valence-corrected chi connectivity index (χ2v) is 4.19. The van der Waals surface area contributed by atoms with Crippen LogP contribution in [0.4, 0.5) is 5.82 Å². The quantitative estimate of drug-likeness (QED) is 0.840. The van der Waals surface area contributed by atoms with Gasteiger partial charge in [-0.25, -0.2) is 4.98 Å². The van der Waals surface area contributed by atoms with Gasteiger partial charge in [-0.3, -0.25) is 0 Å². The maximum Gasteiger partial charge on any atom is 0.146 e. The molecular weight excluding hydrogens is 238 g/mol. The zero-order valence-corrected chi connectivity index (χ0v) is 11.0. The van der Waals surface area contributed by atoms with Crippen LogP contribution < -0.4 is 9.64 Å². The predicted octanol–water partition coefficient (Wildman–Crippen LogP) is 2.60. The van der Waals surface area contributed by atoms with E-state index in [1.165, 1.54) is 0 Å². The van der Waals surface area contributed by atoms with Gasteiger partial charge in [0, 0.05) is 19.8 Å². The van der Waals surface area contributed by atoms with E-state index in [1.54, 1.807) is 25.4 Å². The SMILES string of the molecule is COc1ccc(CN(C)c2ncccc2C#N)cc1. The van der Waals surface area contributed by atoms with Crippen LogP contribution >= 0.6 is 0 Å². The number of anilines is 1. The van der Waals surface area contributed by atoms with Gasteiger partial charge in [0.05, 0.1) is 12.7 Å². The Morgan fingerprint density at radius 2 is 2.00 bits per heavy atom. The molecule has 0 radical (unpaired) electrons. The summed E-state index contributed by atoms with van der Waals surface area (Å²) >= 11 is 0. The summed E-state index contributed by atoms with van der Waals surface area (Å²) in [6, 6.07) is 13.5. The molecule has 0 spiro atoms. The first kappa shape index (κ1) is 12.9. The van der Waals surface area contributed by atoms with Crippen LogP contribution in [-0.4, -0.2) is 19.1 Å². The minimum absolute atomic E-state index is 0.582. The molecule has 0 amide bonds. The van der Waals surface area contributed by atoms with Gasteiger partial charge in [0.1, 0.15) is 17.6 Å². The van der Waals surface area contributed by atoms with Crippen molar-refractivity contribution in [2.24, 2.45) is 0 Å². The van der Waals surface area contributed by atoms with E-state index in [-0.39, 0.29) is 0 Å². The van der Waals surface area contributed by atoms with Crippen LogP contribution in [0.3, 0.4) is 0 Å². The van der Waals surface area contributed by atoms with Gasteiger partial charge in [-0.15, -0.1) is 0 Å². The lowest BCUT2D eigenvalue weighted by atomic mass is 10.2. The Kier molecular flexibility index (Phi) is 3.99. The Bertz CT molecular complexity index is 587. The number of pyridine rings is 1. The first-order valence-electron chi connectivity index (χ1n) is 5.94. The number of ether oxygens (including phenoxy) is 1. The highest BCUT2D eigenvalue weighted by Crippen LogP contribution is 2.18. The average molecular weight is 253 g/mol. The summed E-state index contributed by atoms with van der Waals surface area (Å²) in [6.45, 7) is 0.690. The lowest BCUT2D eigenvalue weighted by Crippen LogP contribution is -2.18. The minimum atomic E-state index is 0.582. The third-order valence-electron chi connectivity index (χ3n) is 2.85. The summed E-state index contributed by atoms with van der Waals surface area (Å²) in [4.78, 5) is 6.22. The molecule has 4 heteroatoms. The summed E-state index contributed by atoms with van der Waals surface area (Å²) in [5, 5.41) is 9.07. The van der Waals surface area contributed by atoms with Crippen molar-refractivity contribution in [3.8, 4) is 11.8 Å². The van der Waals surface area contributed by atoms with E-state index in [9.17, 15) is 0 Å². The Balaban J connectivity index is 2.16. The highest BCUT2D eigenvalue weighted by atomic mass is 16.5. The molecule has 0 fully saturated rings. The lowest BCUT2D eigenvalue weighted by molar-refractivity contribution is 0.414. The van der Waals surface area contributed by atoms with Crippen LogP contribution in [0.15, 0.2) is 42.6 Å². The van der Waals surface area contributed by atoms with E-state index in [0.29, 0.717) is 17.9 Å². The molecule has 0 aliphatic heterocycles. The molecule has 1 heterocycles. The Morgan fingerprint density at radius 3 is 2.63 bits per heavy atom. The molecule has 0 saturated carbocycles. The van der Waals surface area contributed by atoms with Gasteiger partial charge < -0.3 is 9.64 Å². The first-order valence-corrected chi connectivity index (χ1v) is 5.94. The molecule has 96 valence electrons. The number of methoxy groups -OCH3 is 1. The van der Waals surface area contributed by atoms with Crippen LogP contribution in [0.2, 0.25) is 0 Å². The smallest absolute Gasteiger partial charge is 0.146 e. The van der Waals surface area contributed by atoms with E-state index < -0.39 is 0 Å². The van der Waals surface area contributed by atoms with Crippen molar-refractivity contribution in [3.63, 3.8) is 0 Å². The molecule has 0 saturated heterocycles. The fourth-order valence-electron chi connectivity index (χ4n) is 1.87. The van der Waals surface area contributed by atoms with Gasteiger partial charge in [-0.1, -0.05) is 12.1 Å². The Hall–Kier alpha value is -2.54. The molecule has 2 rings (SSSR count). The maximum absolute atomic E-state index is 9.07. The van der Waals surface area contributed by atoms with Crippen LogP contribution in [0.5, 0.6) is 5.75 Å². The second kappa shape index (κ2) is 5.87. The molecule has 19 heavy (non-hydrogen) atoms. The fraction of sp³-hybridized carbons (Fsp3) is 0.200. The number of aromatic nitrogens is 1. The van der Waals surface area contributed by atoms with Gasteiger partial charge in [-0.2, -0.15) is 5.26 Å². The minimum Gasteiger partial charge on any atom is -0.497 e. The Morgan fingerprint density at radius 1 is 1.26 bits per heavy atom. The zero-order valence-electron chi connectivity index (χ0n) is 11.0. The van der Waals surface area contributed by atoms with Crippen molar-refractivity contribution in [2.75, 3.05) is 19.1 Å². The third kappa shape index (κ3) is 3.02. The van der Waals surface area contributed by atoms with Gasteiger partial charge >= 0.3 is 0 Å². The van der Waals surface area contributed by atoms with Crippen molar-refractivity contribution in [1.82, 2.24) is 4.98 Å². The molecule has 0 atom stereocenters. The molecule has 0 bridgehead atoms. The van der Waals surface area contributed by atoms with Crippen LogP contribution in [0, 0.1) is 11.3 Å². The highest BCUT2D eigenvalue weighted by molar-refractivity contribution is 5.53. The summed E-state index contributed by atoms with van der Waals surface area (Å²) in [6.07, 6.45) is 1.70. The largest absolute Gasteiger partial charge is 0.497 e. The van der Waals surface area contributed by atoms with E-state index in [2.05, 4.69) is 11.1 Å². The van der Waals surface area contributed by atoms with E-state index >= 15 is 0 Å². The summed E-state index contributed by atoms with van der Waals surface area (Å²) in [5.74, 6) is 1.53. The molecule has 1 aromatic carbocycles. The number of benzene rings is 1. The summed E-state index contributed by atoms with van der Waals surface area (Å²) < 4.78 is 5.13. The lowest BCUT2D eigenvalue weighted by Gasteiger charge is -2.19. The normalized spacial score (nSPS) is 9.74. The van der Waals surface area contributed by atoms with Gasteiger partial charge in [0.25, 0.3) is 0 Å².